The molecule has 2 rings (SSSR count). The van der Waals surface area contributed by atoms with E-state index in [0.29, 0.717) is 11.7 Å². The third-order valence-electron chi connectivity index (χ3n) is 3.23. The van der Waals surface area contributed by atoms with Gasteiger partial charge in [-0.25, -0.2) is 9.37 Å². The van der Waals surface area contributed by atoms with E-state index < -0.39 is 0 Å². The number of hydrogen-bond donors (Lipinski definition) is 1. The first kappa shape index (κ1) is 14.0. The highest BCUT2D eigenvalue weighted by Gasteiger charge is 2.20. The third kappa shape index (κ3) is 3.11. The molecule has 0 bridgehead atoms. The zero-order chi connectivity index (χ0) is 14.0. The first-order valence-electron chi connectivity index (χ1n) is 6.06. The molecule has 2 aromatic rings. The summed E-state index contributed by atoms with van der Waals surface area (Å²) in [5, 5.41) is 0.415. The molecule has 0 unspecified atom stereocenters. The first-order valence-corrected chi connectivity index (χ1v) is 6.44. The van der Waals surface area contributed by atoms with Gasteiger partial charge in [-0.2, -0.15) is 0 Å². The molecule has 1 aromatic carbocycles. The Kier molecular flexibility index (Phi) is 3.88. The van der Waals surface area contributed by atoms with Gasteiger partial charge in [-0.3, -0.25) is 0 Å². The second-order valence-corrected chi connectivity index (χ2v) is 5.55. The van der Waals surface area contributed by atoms with Crippen LogP contribution in [-0.2, 0) is 5.41 Å². The van der Waals surface area contributed by atoms with Crippen molar-refractivity contribution in [3.05, 3.63) is 52.9 Å². The van der Waals surface area contributed by atoms with Crippen LogP contribution in [0.15, 0.2) is 36.4 Å². The number of aromatic nitrogens is 1. The second kappa shape index (κ2) is 5.27. The van der Waals surface area contributed by atoms with Crippen molar-refractivity contribution in [2.45, 2.75) is 19.3 Å². The van der Waals surface area contributed by atoms with Crippen LogP contribution < -0.4 is 5.73 Å². The van der Waals surface area contributed by atoms with E-state index in [9.17, 15) is 4.39 Å². The number of halogens is 2. The number of nitrogens with two attached hydrogens (primary N) is 1. The average molecular weight is 279 g/mol. The third-order valence-corrected chi connectivity index (χ3v) is 3.42. The summed E-state index contributed by atoms with van der Waals surface area (Å²) in [6, 6.07) is 9.96. The lowest BCUT2D eigenvalue weighted by molar-refractivity contribution is 0.538. The van der Waals surface area contributed by atoms with Gasteiger partial charge in [0.15, 0.2) is 0 Å². The highest BCUT2D eigenvalue weighted by molar-refractivity contribution is 6.29. The van der Waals surface area contributed by atoms with Gasteiger partial charge in [-0.1, -0.05) is 25.4 Å². The standard InChI is InChI=1S/C15H16ClFN2/c1-15(2,9-18)11-7-13(19-14(16)8-11)10-3-5-12(17)6-4-10/h3-8H,9,18H2,1-2H3. The molecule has 1 aromatic heterocycles. The summed E-state index contributed by atoms with van der Waals surface area (Å²) in [6.45, 7) is 4.61. The number of hydrogen-bond acceptors (Lipinski definition) is 2. The zero-order valence-corrected chi connectivity index (χ0v) is 11.7. The quantitative estimate of drug-likeness (QED) is 0.868. The van der Waals surface area contributed by atoms with Crippen molar-refractivity contribution in [2.24, 2.45) is 5.73 Å². The second-order valence-electron chi connectivity index (χ2n) is 5.16. The van der Waals surface area contributed by atoms with Gasteiger partial charge in [0.1, 0.15) is 11.0 Å². The number of nitrogens with zero attached hydrogens (tertiary/aromatic N) is 1. The van der Waals surface area contributed by atoms with E-state index in [1.807, 2.05) is 26.0 Å². The van der Waals surface area contributed by atoms with E-state index in [1.54, 1.807) is 12.1 Å². The van der Waals surface area contributed by atoms with Crippen molar-refractivity contribution in [3.8, 4) is 11.3 Å². The summed E-state index contributed by atoms with van der Waals surface area (Å²) in [6.07, 6.45) is 0. The Labute approximate surface area is 117 Å². The van der Waals surface area contributed by atoms with Crippen LogP contribution >= 0.6 is 11.6 Å². The summed E-state index contributed by atoms with van der Waals surface area (Å²) in [7, 11) is 0. The van der Waals surface area contributed by atoms with Crippen molar-refractivity contribution in [1.82, 2.24) is 4.98 Å². The first-order chi connectivity index (χ1) is 8.92. The predicted octanol–water partition coefficient (Wildman–Crippen LogP) is 3.78. The highest BCUT2D eigenvalue weighted by atomic mass is 35.5. The van der Waals surface area contributed by atoms with E-state index in [-0.39, 0.29) is 11.2 Å². The van der Waals surface area contributed by atoms with Gasteiger partial charge in [0.2, 0.25) is 0 Å². The number of pyridine rings is 1. The molecule has 0 atom stereocenters. The lowest BCUT2D eigenvalue weighted by atomic mass is 9.84. The van der Waals surface area contributed by atoms with Crippen molar-refractivity contribution in [2.75, 3.05) is 6.54 Å². The van der Waals surface area contributed by atoms with Crippen molar-refractivity contribution >= 4 is 11.6 Å². The summed E-state index contributed by atoms with van der Waals surface area (Å²) < 4.78 is 12.9. The van der Waals surface area contributed by atoms with Crippen molar-refractivity contribution < 1.29 is 4.39 Å². The summed E-state index contributed by atoms with van der Waals surface area (Å²) >= 11 is 6.07. The van der Waals surface area contributed by atoms with Gasteiger partial charge in [0.05, 0.1) is 5.69 Å². The molecule has 0 aliphatic heterocycles. The molecular weight excluding hydrogens is 263 g/mol. The Bertz CT molecular complexity index is 579. The lowest BCUT2D eigenvalue weighted by Gasteiger charge is -2.23. The topological polar surface area (TPSA) is 38.9 Å². The Morgan fingerprint density at radius 1 is 1.21 bits per heavy atom. The van der Waals surface area contributed by atoms with Crippen LogP contribution in [0, 0.1) is 5.82 Å². The van der Waals surface area contributed by atoms with Crippen LogP contribution in [0.25, 0.3) is 11.3 Å². The highest BCUT2D eigenvalue weighted by Crippen LogP contribution is 2.28. The van der Waals surface area contributed by atoms with E-state index in [2.05, 4.69) is 4.98 Å². The minimum Gasteiger partial charge on any atom is -0.330 e. The molecular formula is C15H16ClFN2. The van der Waals surface area contributed by atoms with Gasteiger partial charge in [-0.05, 0) is 42.0 Å². The van der Waals surface area contributed by atoms with E-state index in [4.69, 9.17) is 17.3 Å². The molecule has 0 saturated carbocycles. The fourth-order valence-electron chi connectivity index (χ4n) is 1.77. The SMILES string of the molecule is CC(C)(CN)c1cc(Cl)nc(-c2ccc(F)cc2)c1. The normalized spacial score (nSPS) is 11.6. The average Bonchev–Trinajstić information content (AvgIpc) is 2.39. The minimum atomic E-state index is -0.270. The Hall–Kier alpha value is -1.45. The van der Waals surface area contributed by atoms with Gasteiger partial charge in [-0.15, -0.1) is 0 Å². The van der Waals surface area contributed by atoms with Crippen LogP contribution in [0.1, 0.15) is 19.4 Å². The van der Waals surface area contributed by atoms with Crippen LogP contribution in [0.2, 0.25) is 5.15 Å². The fraction of sp³-hybridized carbons (Fsp3) is 0.267. The monoisotopic (exact) mass is 278 g/mol. The molecule has 0 spiro atoms. The largest absolute Gasteiger partial charge is 0.330 e. The minimum absolute atomic E-state index is 0.179. The molecule has 2 N–H and O–H groups in total. The van der Waals surface area contributed by atoms with Crippen molar-refractivity contribution in [1.29, 1.82) is 0 Å². The summed E-state index contributed by atoms with van der Waals surface area (Å²) in [5.41, 5.74) is 8.18. The summed E-state index contributed by atoms with van der Waals surface area (Å²) in [5.74, 6) is -0.270. The Morgan fingerprint density at radius 3 is 2.42 bits per heavy atom. The van der Waals surface area contributed by atoms with Crippen LogP contribution in [0.4, 0.5) is 4.39 Å². The maximum absolute atomic E-state index is 12.9. The molecule has 0 fully saturated rings. The predicted molar refractivity (Wildman–Crippen MR) is 76.7 cm³/mol. The molecule has 1 heterocycles. The van der Waals surface area contributed by atoms with Gasteiger partial charge >= 0.3 is 0 Å². The van der Waals surface area contributed by atoms with Crippen LogP contribution in [-0.4, -0.2) is 11.5 Å². The van der Waals surface area contributed by atoms with Crippen LogP contribution in [0.3, 0.4) is 0 Å². The van der Waals surface area contributed by atoms with E-state index >= 15 is 0 Å². The molecule has 100 valence electrons. The fourth-order valence-corrected chi connectivity index (χ4v) is 1.98. The molecule has 0 saturated heterocycles. The zero-order valence-electron chi connectivity index (χ0n) is 11.0. The molecule has 4 heteroatoms. The van der Waals surface area contributed by atoms with E-state index in [0.717, 1.165) is 16.8 Å². The molecule has 19 heavy (non-hydrogen) atoms. The van der Waals surface area contributed by atoms with Crippen molar-refractivity contribution in [3.63, 3.8) is 0 Å². The molecule has 2 nitrogen and oxygen atoms in total. The maximum atomic E-state index is 12.9. The smallest absolute Gasteiger partial charge is 0.130 e. The van der Waals surface area contributed by atoms with Gasteiger partial charge in [0, 0.05) is 17.5 Å². The molecule has 0 aliphatic carbocycles. The lowest BCUT2D eigenvalue weighted by Crippen LogP contribution is -2.28. The Morgan fingerprint density at radius 2 is 1.84 bits per heavy atom. The van der Waals surface area contributed by atoms with Crippen LogP contribution in [0.5, 0.6) is 0 Å². The Balaban J connectivity index is 2.50. The number of benzene rings is 1. The molecule has 0 amide bonds. The van der Waals surface area contributed by atoms with Gasteiger partial charge < -0.3 is 5.73 Å². The maximum Gasteiger partial charge on any atom is 0.130 e. The summed E-state index contributed by atoms with van der Waals surface area (Å²) in [4.78, 5) is 4.28. The number of rotatable bonds is 3. The van der Waals surface area contributed by atoms with Gasteiger partial charge in [0.25, 0.3) is 0 Å². The van der Waals surface area contributed by atoms with E-state index in [1.165, 1.54) is 12.1 Å². The molecule has 0 radical (unpaired) electrons. The molecule has 0 aliphatic rings.